The predicted octanol–water partition coefficient (Wildman–Crippen LogP) is 5.21. The molecule has 0 spiro atoms. The predicted molar refractivity (Wildman–Crippen MR) is 90.5 cm³/mol. The van der Waals surface area contributed by atoms with Gasteiger partial charge in [-0.25, -0.2) is 9.37 Å². The molecule has 3 aromatic rings. The monoisotopic (exact) mass is 364 g/mol. The third kappa shape index (κ3) is 3.19. The highest BCUT2D eigenvalue weighted by molar-refractivity contribution is 8.93. The molecule has 0 saturated carbocycles. The van der Waals surface area contributed by atoms with Crippen LogP contribution in [0.4, 0.5) is 4.39 Å². The summed E-state index contributed by atoms with van der Waals surface area (Å²) in [5, 5.41) is 2.95. The summed E-state index contributed by atoms with van der Waals surface area (Å²) in [6, 6.07) is 7.55. The van der Waals surface area contributed by atoms with Crippen molar-refractivity contribution in [2.45, 2.75) is 13.8 Å². The van der Waals surface area contributed by atoms with E-state index in [1.807, 2.05) is 29.6 Å². The maximum atomic E-state index is 13.7. The number of pyridine rings is 1. The van der Waals surface area contributed by atoms with Crippen LogP contribution < -0.4 is 0 Å². The van der Waals surface area contributed by atoms with Crippen LogP contribution in [-0.2, 0) is 0 Å². The van der Waals surface area contributed by atoms with Gasteiger partial charge >= 0.3 is 0 Å². The minimum absolute atomic E-state index is 0. The molecule has 2 aromatic heterocycles. The third-order valence-electron chi connectivity index (χ3n) is 3.16. The van der Waals surface area contributed by atoms with Crippen LogP contribution in [0.1, 0.15) is 11.1 Å². The first-order valence-corrected chi connectivity index (χ1v) is 7.16. The van der Waals surface area contributed by atoms with Gasteiger partial charge in [0.15, 0.2) is 0 Å². The molecular formula is C16H14BrFN2S. The number of halogens is 2. The highest BCUT2D eigenvalue weighted by Gasteiger charge is 2.10. The summed E-state index contributed by atoms with van der Waals surface area (Å²) in [6.07, 6.45) is 3.51. The van der Waals surface area contributed by atoms with Crippen molar-refractivity contribution in [3.05, 3.63) is 59.0 Å². The zero-order valence-corrected chi connectivity index (χ0v) is 14.2. The minimum atomic E-state index is -0.140. The molecule has 5 heteroatoms. The van der Waals surface area contributed by atoms with Gasteiger partial charge < -0.3 is 0 Å². The largest absolute Gasteiger partial charge is 0.265 e. The van der Waals surface area contributed by atoms with Crippen molar-refractivity contribution in [1.82, 2.24) is 9.97 Å². The second-order valence-corrected chi connectivity index (χ2v) is 5.56. The van der Waals surface area contributed by atoms with Crippen molar-refractivity contribution >= 4 is 28.3 Å². The lowest BCUT2D eigenvalue weighted by molar-refractivity contribution is 0.609. The molecule has 0 radical (unpaired) electrons. The van der Waals surface area contributed by atoms with E-state index in [9.17, 15) is 4.39 Å². The second-order valence-electron chi connectivity index (χ2n) is 4.70. The Bertz CT molecular complexity index is 733. The summed E-state index contributed by atoms with van der Waals surface area (Å²) in [5.41, 5.74) is 4.19. The molecule has 0 aliphatic carbocycles. The standard InChI is InChI=1S/C16H13FN2S.BrH/c1-10-7-13(8-11(2)15(10)17)14-9-20-16(19-14)12-3-5-18-6-4-12;/h3-9H,1-2H3;1H. The number of aromatic nitrogens is 2. The van der Waals surface area contributed by atoms with Crippen LogP contribution in [0.15, 0.2) is 42.0 Å². The van der Waals surface area contributed by atoms with Gasteiger partial charge in [0.2, 0.25) is 0 Å². The van der Waals surface area contributed by atoms with Crippen LogP contribution in [0, 0.1) is 19.7 Å². The van der Waals surface area contributed by atoms with Crippen LogP contribution in [0.2, 0.25) is 0 Å². The van der Waals surface area contributed by atoms with Gasteiger partial charge in [-0.15, -0.1) is 28.3 Å². The first-order valence-electron chi connectivity index (χ1n) is 6.28. The van der Waals surface area contributed by atoms with Crippen molar-refractivity contribution in [3.8, 4) is 21.8 Å². The zero-order valence-electron chi connectivity index (χ0n) is 11.6. The summed E-state index contributed by atoms with van der Waals surface area (Å²) in [5.74, 6) is -0.140. The molecule has 3 rings (SSSR count). The van der Waals surface area contributed by atoms with Crippen molar-refractivity contribution in [2.75, 3.05) is 0 Å². The van der Waals surface area contributed by atoms with E-state index >= 15 is 0 Å². The van der Waals surface area contributed by atoms with Crippen LogP contribution >= 0.6 is 28.3 Å². The number of thiazole rings is 1. The Hall–Kier alpha value is -1.59. The Balaban J connectivity index is 0.00000161. The van der Waals surface area contributed by atoms with Gasteiger partial charge in [-0.05, 0) is 49.2 Å². The molecule has 2 heterocycles. The van der Waals surface area contributed by atoms with E-state index in [2.05, 4.69) is 9.97 Å². The average molecular weight is 365 g/mol. The lowest BCUT2D eigenvalue weighted by Gasteiger charge is -2.04. The van der Waals surface area contributed by atoms with E-state index in [1.54, 1.807) is 37.6 Å². The Morgan fingerprint density at radius 3 is 2.24 bits per heavy atom. The first-order chi connectivity index (χ1) is 9.65. The summed E-state index contributed by atoms with van der Waals surface area (Å²) >= 11 is 1.58. The summed E-state index contributed by atoms with van der Waals surface area (Å²) in [6.45, 7) is 3.56. The van der Waals surface area contributed by atoms with E-state index in [1.165, 1.54) is 0 Å². The number of rotatable bonds is 2. The lowest BCUT2D eigenvalue weighted by atomic mass is 10.0. The van der Waals surface area contributed by atoms with Crippen LogP contribution in [0.3, 0.4) is 0 Å². The van der Waals surface area contributed by atoms with Crippen molar-refractivity contribution in [2.24, 2.45) is 0 Å². The number of benzene rings is 1. The Labute approximate surface area is 137 Å². The zero-order chi connectivity index (χ0) is 14.1. The molecule has 0 aliphatic rings. The van der Waals surface area contributed by atoms with Crippen molar-refractivity contribution in [1.29, 1.82) is 0 Å². The van der Waals surface area contributed by atoms with Gasteiger partial charge in [0.1, 0.15) is 10.8 Å². The molecular weight excluding hydrogens is 351 g/mol. The fourth-order valence-electron chi connectivity index (χ4n) is 2.13. The molecule has 0 unspecified atom stereocenters. The lowest BCUT2D eigenvalue weighted by Crippen LogP contribution is -1.90. The van der Waals surface area contributed by atoms with Gasteiger partial charge in [0.25, 0.3) is 0 Å². The van der Waals surface area contributed by atoms with Gasteiger partial charge in [0.05, 0.1) is 5.69 Å². The molecule has 2 nitrogen and oxygen atoms in total. The van der Waals surface area contributed by atoms with E-state index in [0.717, 1.165) is 21.8 Å². The maximum Gasteiger partial charge on any atom is 0.129 e. The van der Waals surface area contributed by atoms with Crippen LogP contribution in [0.5, 0.6) is 0 Å². The SMILES string of the molecule is Br.Cc1cc(-c2csc(-c3ccncc3)n2)cc(C)c1F. The van der Waals surface area contributed by atoms with E-state index in [4.69, 9.17) is 0 Å². The molecule has 0 aliphatic heterocycles. The topological polar surface area (TPSA) is 25.8 Å². The van der Waals surface area contributed by atoms with Gasteiger partial charge in [-0.3, -0.25) is 4.98 Å². The molecule has 0 saturated heterocycles. The van der Waals surface area contributed by atoms with E-state index in [-0.39, 0.29) is 22.8 Å². The Morgan fingerprint density at radius 2 is 1.62 bits per heavy atom. The molecule has 0 N–H and O–H groups in total. The highest BCUT2D eigenvalue weighted by atomic mass is 79.9. The Kier molecular flexibility index (Phi) is 4.85. The second kappa shape index (κ2) is 6.45. The summed E-state index contributed by atoms with van der Waals surface area (Å²) in [7, 11) is 0. The van der Waals surface area contributed by atoms with E-state index < -0.39 is 0 Å². The highest BCUT2D eigenvalue weighted by Crippen LogP contribution is 2.30. The van der Waals surface area contributed by atoms with Crippen LogP contribution in [0.25, 0.3) is 21.8 Å². The number of nitrogens with zero attached hydrogens (tertiary/aromatic N) is 2. The molecule has 21 heavy (non-hydrogen) atoms. The average Bonchev–Trinajstić information content (AvgIpc) is 2.95. The normalized spacial score (nSPS) is 10.2. The number of hydrogen-bond donors (Lipinski definition) is 0. The Morgan fingerprint density at radius 1 is 1.00 bits per heavy atom. The molecule has 0 amide bonds. The molecule has 108 valence electrons. The quantitative estimate of drug-likeness (QED) is 0.623. The molecule has 0 bridgehead atoms. The fraction of sp³-hybridized carbons (Fsp3) is 0.125. The molecule has 0 atom stereocenters. The summed E-state index contributed by atoms with van der Waals surface area (Å²) in [4.78, 5) is 8.63. The third-order valence-corrected chi connectivity index (χ3v) is 4.06. The van der Waals surface area contributed by atoms with E-state index in [0.29, 0.717) is 11.1 Å². The number of hydrogen-bond acceptors (Lipinski definition) is 3. The molecule has 1 aromatic carbocycles. The van der Waals surface area contributed by atoms with Crippen LogP contribution in [-0.4, -0.2) is 9.97 Å². The smallest absolute Gasteiger partial charge is 0.129 e. The van der Waals surface area contributed by atoms with Crippen molar-refractivity contribution < 1.29 is 4.39 Å². The van der Waals surface area contributed by atoms with Crippen molar-refractivity contribution in [3.63, 3.8) is 0 Å². The molecule has 0 fully saturated rings. The summed E-state index contributed by atoms with van der Waals surface area (Å²) < 4.78 is 13.7. The first kappa shape index (κ1) is 15.8. The fourth-order valence-corrected chi connectivity index (χ4v) is 2.96. The van der Waals surface area contributed by atoms with Gasteiger partial charge in [-0.2, -0.15) is 0 Å². The van der Waals surface area contributed by atoms with Gasteiger partial charge in [-0.1, -0.05) is 0 Å². The van der Waals surface area contributed by atoms with Gasteiger partial charge in [0, 0.05) is 28.9 Å². The minimum Gasteiger partial charge on any atom is -0.265 e. The maximum absolute atomic E-state index is 13.7. The number of aryl methyl sites for hydroxylation is 2.